The second kappa shape index (κ2) is 7.78. The van der Waals surface area contributed by atoms with Crippen molar-refractivity contribution in [1.82, 2.24) is 9.97 Å². The third-order valence-electron chi connectivity index (χ3n) is 6.41. The Morgan fingerprint density at radius 3 is 2.85 bits per heavy atom. The van der Waals surface area contributed by atoms with E-state index in [1.165, 1.54) is 6.20 Å². The molecule has 3 aromatic rings. The highest BCUT2D eigenvalue weighted by Gasteiger charge is 2.39. The molecule has 1 amide bonds. The van der Waals surface area contributed by atoms with Crippen LogP contribution in [0.5, 0.6) is 5.88 Å². The minimum Gasteiger partial charge on any atom is -0.474 e. The third kappa shape index (κ3) is 3.24. The van der Waals surface area contributed by atoms with Gasteiger partial charge in [0.1, 0.15) is 18.1 Å². The number of aromatic nitrogens is 2. The summed E-state index contributed by atoms with van der Waals surface area (Å²) in [7, 11) is 0. The Morgan fingerprint density at radius 1 is 1.33 bits per heavy atom. The zero-order valence-electron chi connectivity index (χ0n) is 17.8. The molecule has 2 unspecified atom stereocenters. The lowest BCUT2D eigenvalue weighted by molar-refractivity contribution is 0.188. The van der Waals surface area contributed by atoms with E-state index in [0.29, 0.717) is 53.9 Å². The van der Waals surface area contributed by atoms with Gasteiger partial charge in [0.2, 0.25) is 5.88 Å². The van der Waals surface area contributed by atoms with E-state index in [2.05, 4.69) is 21.4 Å². The maximum atomic E-state index is 15.3. The van der Waals surface area contributed by atoms with Crippen LogP contribution in [0.1, 0.15) is 18.4 Å². The molecular weight excluding hydrogens is 427 g/mol. The van der Waals surface area contributed by atoms with Gasteiger partial charge in [-0.3, -0.25) is 4.90 Å². The van der Waals surface area contributed by atoms with Gasteiger partial charge in [-0.05, 0) is 42.8 Å². The summed E-state index contributed by atoms with van der Waals surface area (Å²) in [5, 5.41) is 23.2. The van der Waals surface area contributed by atoms with E-state index in [0.717, 1.165) is 10.5 Å². The minimum atomic E-state index is -1.19. The predicted molar refractivity (Wildman–Crippen MR) is 121 cm³/mol. The second-order valence-corrected chi connectivity index (χ2v) is 8.20. The summed E-state index contributed by atoms with van der Waals surface area (Å²) in [6.07, 6.45) is 2.95. The van der Waals surface area contributed by atoms with E-state index in [1.807, 2.05) is 6.92 Å². The lowest BCUT2D eigenvalue weighted by Crippen LogP contribution is -2.49. The summed E-state index contributed by atoms with van der Waals surface area (Å²) in [5.41, 5.74) is 8.31. The SMILES string of the molecule is Cc1c(-c2cc3cc(N(C(=O)O)C4CCC4C#N)ncc3c(N)c2F)cnc2c1NCCO2. The van der Waals surface area contributed by atoms with Crippen molar-refractivity contribution in [2.75, 3.05) is 29.1 Å². The van der Waals surface area contributed by atoms with Crippen molar-refractivity contribution in [3.8, 4) is 23.1 Å². The van der Waals surface area contributed by atoms with Crippen LogP contribution in [-0.2, 0) is 0 Å². The molecule has 2 aliphatic rings. The maximum absolute atomic E-state index is 15.3. The first-order chi connectivity index (χ1) is 15.9. The molecule has 3 heterocycles. The van der Waals surface area contributed by atoms with Crippen LogP contribution in [0, 0.1) is 30.0 Å². The number of anilines is 3. The third-order valence-corrected chi connectivity index (χ3v) is 6.41. The van der Waals surface area contributed by atoms with Crippen LogP contribution in [0.15, 0.2) is 24.5 Å². The number of rotatable bonds is 3. The largest absolute Gasteiger partial charge is 0.474 e. The molecule has 1 saturated carbocycles. The van der Waals surface area contributed by atoms with Gasteiger partial charge in [-0.2, -0.15) is 5.26 Å². The number of nitrogens with one attached hydrogen (secondary N) is 1. The number of hydrogen-bond acceptors (Lipinski definition) is 7. The first-order valence-corrected chi connectivity index (χ1v) is 10.6. The summed E-state index contributed by atoms with van der Waals surface area (Å²) in [4.78, 5) is 21.6. The number of fused-ring (bicyclic) bond motifs is 2. The zero-order valence-corrected chi connectivity index (χ0v) is 17.8. The van der Waals surface area contributed by atoms with Crippen LogP contribution >= 0.6 is 0 Å². The Labute approximate surface area is 188 Å². The molecule has 1 fully saturated rings. The molecule has 0 saturated heterocycles. The van der Waals surface area contributed by atoms with Gasteiger partial charge in [-0.1, -0.05) is 0 Å². The summed E-state index contributed by atoms with van der Waals surface area (Å²) in [6.45, 7) is 2.96. The normalized spacial score (nSPS) is 18.9. The highest BCUT2D eigenvalue weighted by atomic mass is 19.1. The van der Waals surface area contributed by atoms with Gasteiger partial charge in [0.25, 0.3) is 0 Å². The van der Waals surface area contributed by atoms with Crippen molar-refractivity contribution >= 4 is 34.1 Å². The van der Waals surface area contributed by atoms with Gasteiger partial charge in [0.05, 0.1) is 23.7 Å². The van der Waals surface area contributed by atoms with E-state index in [9.17, 15) is 15.2 Å². The summed E-state index contributed by atoms with van der Waals surface area (Å²) in [5.74, 6) is -0.344. The van der Waals surface area contributed by atoms with Crippen molar-refractivity contribution in [2.45, 2.75) is 25.8 Å². The number of amides is 1. The van der Waals surface area contributed by atoms with Crippen molar-refractivity contribution in [3.05, 3.63) is 35.9 Å². The van der Waals surface area contributed by atoms with Gasteiger partial charge in [-0.15, -0.1) is 0 Å². The van der Waals surface area contributed by atoms with Crippen LogP contribution in [0.2, 0.25) is 0 Å². The highest BCUT2D eigenvalue weighted by Crippen LogP contribution is 2.40. The van der Waals surface area contributed by atoms with Gasteiger partial charge in [0.15, 0.2) is 5.82 Å². The Hall–Kier alpha value is -4.13. The summed E-state index contributed by atoms with van der Waals surface area (Å²) < 4.78 is 20.9. The van der Waals surface area contributed by atoms with Crippen molar-refractivity contribution in [3.63, 3.8) is 0 Å². The predicted octanol–water partition coefficient (Wildman–Crippen LogP) is 3.92. The number of halogens is 1. The number of ether oxygens (including phenoxy) is 1. The molecule has 2 aromatic heterocycles. The zero-order chi connectivity index (χ0) is 23.3. The molecule has 0 bridgehead atoms. The van der Waals surface area contributed by atoms with Crippen LogP contribution in [0.4, 0.5) is 26.4 Å². The van der Waals surface area contributed by atoms with Gasteiger partial charge in [-0.25, -0.2) is 19.2 Å². The second-order valence-electron chi connectivity index (χ2n) is 8.20. The molecule has 9 nitrogen and oxygen atoms in total. The first-order valence-electron chi connectivity index (χ1n) is 10.6. The van der Waals surface area contributed by atoms with Crippen molar-refractivity contribution in [1.29, 1.82) is 5.26 Å². The number of carbonyl (C=O) groups is 1. The number of nitrogens with zero attached hydrogens (tertiary/aromatic N) is 4. The fourth-order valence-electron chi connectivity index (χ4n) is 4.46. The van der Waals surface area contributed by atoms with Crippen molar-refractivity contribution < 1.29 is 19.0 Å². The van der Waals surface area contributed by atoms with Gasteiger partial charge < -0.3 is 20.9 Å². The summed E-state index contributed by atoms with van der Waals surface area (Å²) >= 11 is 0. The Bertz CT molecular complexity index is 1340. The quantitative estimate of drug-likeness (QED) is 0.513. The molecule has 1 aliphatic heterocycles. The molecule has 0 radical (unpaired) electrons. The van der Waals surface area contributed by atoms with Crippen molar-refractivity contribution in [2.24, 2.45) is 5.92 Å². The van der Waals surface area contributed by atoms with Crippen LogP contribution in [0.25, 0.3) is 21.9 Å². The maximum Gasteiger partial charge on any atom is 0.413 e. The Kier molecular flexibility index (Phi) is 4.89. The van der Waals surface area contributed by atoms with Gasteiger partial charge >= 0.3 is 6.09 Å². The molecule has 1 aliphatic carbocycles. The average molecular weight is 448 g/mol. The number of nitriles is 1. The molecule has 168 valence electrons. The molecule has 5 rings (SSSR count). The first kappa shape index (κ1) is 20.8. The van der Waals surface area contributed by atoms with Crippen LogP contribution in [-0.4, -0.2) is 40.4 Å². The number of benzene rings is 1. The lowest BCUT2D eigenvalue weighted by Gasteiger charge is -2.38. The monoisotopic (exact) mass is 448 g/mol. The lowest BCUT2D eigenvalue weighted by atomic mass is 9.79. The molecule has 33 heavy (non-hydrogen) atoms. The number of nitrogen functional groups attached to an aromatic ring is 1. The van der Waals surface area contributed by atoms with Crippen LogP contribution in [0.3, 0.4) is 0 Å². The minimum absolute atomic E-state index is 0.0803. The Balaban J connectivity index is 1.64. The number of pyridine rings is 2. The van der Waals surface area contributed by atoms with E-state index >= 15 is 4.39 Å². The average Bonchev–Trinajstić information content (AvgIpc) is 2.79. The molecular formula is C23H21FN6O3. The summed E-state index contributed by atoms with van der Waals surface area (Å²) in [6, 6.07) is 4.87. The number of carboxylic acid groups (broad SMARTS) is 1. The Morgan fingerprint density at radius 2 is 2.15 bits per heavy atom. The highest BCUT2D eigenvalue weighted by molar-refractivity contribution is 6.00. The molecule has 2 atom stereocenters. The van der Waals surface area contributed by atoms with E-state index < -0.39 is 18.0 Å². The van der Waals surface area contributed by atoms with E-state index in [4.69, 9.17) is 10.5 Å². The standard InChI is InChI=1S/C23H21FN6O3/c1-11-15(9-29-22-21(11)27-4-5-33-22)14-6-13-7-18(28-10-16(13)20(26)19(14)24)30(23(31)32)17-3-2-12(17)8-25/h6-7,9-10,12,17,27H,2-5,26H2,1H3,(H,31,32). The fraction of sp³-hybridized carbons (Fsp3) is 0.304. The van der Waals surface area contributed by atoms with E-state index in [-0.39, 0.29) is 23.0 Å². The topological polar surface area (TPSA) is 137 Å². The molecule has 4 N–H and O–H groups in total. The van der Waals surface area contributed by atoms with Gasteiger partial charge in [0, 0.05) is 35.5 Å². The van der Waals surface area contributed by atoms with Crippen LogP contribution < -0.4 is 20.7 Å². The fourth-order valence-corrected chi connectivity index (χ4v) is 4.46. The molecule has 0 spiro atoms. The molecule has 10 heteroatoms. The molecule has 1 aromatic carbocycles. The van der Waals surface area contributed by atoms with E-state index in [1.54, 1.807) is 18.3 Å². The number of nitrogens with two attached hydrogens (primary N) is 1. The smallest absolute Gasteiger partial charge is 0.413 e. The number of hydrogen-bond donors (Lipinski definition) is 3.